The lowest BCUT2D eigenvalue weighted by Crippen LogP contribution is -2.24. The summed E-state index contributed by atoms with van der Waals surface area (Å²) in [4.78, 5) is 0. The van der Waals surface area contributed by atoms with Crippen LogP contribution >= 0.6 is 12.2 Å². The van der Waals surface area contributed by atoms with Crippen molar-refractivity contribution in [2.45, 2.75) is 13.8 Å². The molecule has 0 heterocycles. The van der Waals surface area contributed by atoms with Crippen LogP contribution in [0.5, 0.6) is 17.2 Å². The summed E-state index contributed by atoms with van der Waals surface area (Å²) in [5.41, 5.74) is 6.62. The van der Waals surface area contributed by atoms with Gasteiger partial charge in [0.05, 0.1) is 20.4 Å². The molecule has 2 rings (SSSR count). The van der Waals surface area contributed by atoms with E-state index in [1.165, 1.54) is 14.2 Å². The number of hydrogen-bond donors (Lipinski definition) is 3. The number of hydrazone groups is 1. The minimum absolute atomic E-state index is 0.0534. The maximum absolute atomic E-state index is 9.90. The van der Waals surface area contributed by atoms with Gasteiger partial charge in [-0.15, -0.1) is 0 Å². The van der Waals surface area contributed by atoms with Gasteiger partial charge in [0.15, 0.2) is 16.6 Å². The molecule has 0 aromatic heterocycles. The second-order valence-corrected chi connectivity index (χ2v) is 5.77. The average Bonchev–Trinajstić information content (AvgIpc) is 2.59. The van der Waals surface area contributed by atoms with E-state index in [1.807, 2.05) is 32.0 Å². The number of benzene rings is 2. The summed E-state index contributed by atoms with van der Waals surface area (Å²) in [6, 6.07) is 9.30. The summed E-state index contributed by atoms with van der Waals surface area (Å²) in [6.45, 7) is 4.02. The number of rotatable bonds is 5. The van der Waals surface area contributed by atoms with E-state index in [2.05, 4.69) is 15.8 Å². The van der Waals surface area contributed by atoms with E-state index in [4.69, 9.17) is 21.7 Å². The number of hydrogen-bond acceptors (Lipinski definition) is 5. The largest absolute Gasteiger partial charge is 0.502 e. The Morgan fingerprint density at radius 3 is 2.20 bits per heavy atom. The maximum Gasteiger partial charge on any atom is 0.200 e. The molecule has 3 N–H and O–H groups in total. The van der Waals surface area contributed by atoms with Gasteiger partial charge in [-0.2, -0.15) is 5.10 Å². The zero-order chi connectivity index (χ0) is 18.4. The maximum atomic E-state index is 9.90. The fourth-order valence-electron chi connectivity index (χ4n) is 2.31. The van der Waals surface area contributed by atoms with Crippen molar-refractivity contribution in [1.82, 2.24) is 5.43 Å². The van der Waals surface area contributed by atoms with E-state index < -0.39 is 0 Å². The van der Waals surface area contributed by atoms with Crippen LogP contribution in [-0.4, -0.2) is 30.7 Å². The van der Waals surface area contributed by atoms with Crippen molar-refractivity contribution in [3.05, 3.63) is 47.0 Å². The van der Waals surface area contributed by atoms with E-state index in [9.17, 15) is 5.11 Å². The van der Waals surface area contributed by atoms with Gasteiger partial charge >= 0.3 is 0 Å². The summed E-state index contributed by atoms with van der Waals surface area (Å²) in [6.07, 6.45) is 1.56. The molecule has 0 amide bonds. The number of methoxy groups -OCH3 is 2. The molecule has 25 heavy (non-hydrogen) atoms. The number of para-hydroxylation sites is 1. The van der Waals surface area contributed by atoms with Crippen molar-refractivity contribution in [2.24, 2.45) is 5.10 Å². The Morgan fingerprint density at radius 1 is 1.12 bits per heavy atom. The van der Waals surface area contributed by atoms with Crippen LogP contribution in [0.4, 0.5) is 5.69 Å². The smallest absolute Gasteiger partial charge is 0.200 e. The molecular weight excluding hydrogens is 338 g/mol. The Bertz CT molecular complexity index is 761. The number of nitrogens with zero attached hydrogens (tertiary/aromatic N) is 1. The minimum atomic E-state index is -0.0534. The number of ether oxygens (including phenoxy) is 2. The summed E-state index contributed by atoms with van der Waals surface area (Å²) in [5, 5.41) is 17.5. The first-order chi connectivity index (χ1) is 12.0. The van der Waals surface area contributed by atoms with E-state index in [0.29, 0.717) is 22.2 Å². The predicted octanol–water partition coefficient (Wildman–Crippen LogP) is 3.35. The fraction of sp³-hybridized carbons (Fsp3) is 0.222. The molecular formula is C18H21N3O3S. The van der Waals surface area contributed by atoms with Crippen molar-refractivity contribution < 1.29 is 14.6 Å². The molecule has 0 aliphatic carbocycles. The molecule has 0 radical (unpaired) electrons. The van der Waals surface area contributed by atoms with Gasteiger partial charge in [0.25, 0.3) is 0 Å². The van der Waals surface area contributed by atoms with Gasteiger partial charge < -0.3 is 19.9 Å². The van der Waals surface area contributed by atoms with Crippen LogP contribution in [0.1, 0.15) is 16.7 Å². The standard InChI is InChI=1S/C18H21N3O3S/c1-11-6-5-7-12(2)16(11)20-18(25)21-19-10-13-8-14(23-3)17(22)15(9-13)24-4/h5-10,22H,1-4H3,(H2,20,21,25). The number of aryl methyl sites for hydroxylation is 2. The summed E-state index contributed by atoms with van der Waals surface area (Å²) in [7, 11) is 2.94. The molecule has 0 atom stereocenters. The number of thiocarbonyl (C=S) groups is 1. The average molecular weight is 359 g/mol. The van der Waals surface area contributed by atoms with Crippen molar-refractivity contribution in [3.8, 4) is 17.2 Å². The highest BCUT2D eigenvalue weighted by atomic mass is 32.1. The number of phenolic OH excluding ortho intramolecular Hbond substituents is 1. The SMILES string of the molecule is COc1cc(C=NNC(=S)Nc2c(C)cccc2C)cc(OC)c1O. The van der Waals surface area contributed by atoms with Crippen LogP contribution in [0.25, 0.3) is 0 Å². The molecule has 0 aliphatic heterocycles. The monoisotopic (exact) mass is 359 g/mol. The fourth-order valence-corrected chi connectivity index (χ4v) is 2.46. The molecule has 0 spiro atoms. The molecule has 0 bridgehead atoms. The van der Waals surface area contributed by atoms with Gasteiger partial charge in [-0.3, -0.25) is 5.43 Å². The van der Waals surface area contributed by atoms with Gasteiger partial charge in [-0.25, -0.2) is 0 Å². The summed E-state index contributed by atoms with van der Waals surface area (Å²) in [5.74, 6) is 0.552. The second kappa shape index (κ2) is 8.34. The van der Waals surface area contributed by atoms with Gasteiger partial charge in [0.1, 0.15) is 0 Å². The Morgan fingerprint density at radius 2 is 1.68 bits per heavy atom. The highest BCUT2D eigenvalue weighted by Gasteiger charge is 2.10. The van der Waals surface area contributed by atoms with Crippen LogP contribution in [-0.2, 0) is 0 Å². The van der Waals surface area contributed by atoms with Crippen LogP contribution in [0.2, 0.25) is 0 Å². The van der Waals surface area contributed by atoms with E-state index in [0.717, 1.165) is 16.8 Å². The first kappa shape index (κ1) is 18.5. The van der Waals surface area contributed by atoms with E-state index in [1.54, 1.807) is 18.3 Å². The van der Waals surface area contributed by atoms with Gasteiger partial charge in [0, 0.05) is 11.3 Å². The van der Waals surface area contributed by atoms with Crippen molar-refractivity contribution in [1.29, 1.82) is 0 Å². The van der Waals surface area contributed by atoms with E-state index >= 15 is 0 Å². The molecule has 0 aliphatic rings. The number of nitrogens with one attached hydrogen (secondary N) is 2. The Kier molecular flexibility index (Phi) is 6.19. The topological polar surface area (TPSA) is 75.1 Å². The number of phenols is 1. The molecule has 2 aromatic carbocycles. The number of aromatic hydroxyl groups is 1. The second-order valence-electron chi connectivity index (χ2n) is 5.36. The molecule has 0 unspecified atom stereocenters. The highest BCUT2D eigenvalue weighted by molar-refractivity contribution is 7.80. The van der Waals surface area contributed by atoms with Crippen molar-refractivity contribution in [3.63, 3.8) is 0 Å². The Balaban J connectivity index is 2.07. The molecule has 0 saturated heterocycles. The molecule has 132 valence electrons. The van der Waals surface area contributed by atoms with Crippen LogP contribution < -0.4 is 20.2 Å². The van der Waals surface area contributed by atoms with Crippen molar-refractivity contribution >= 4 is 29.2 Å². The zero-order valence-electron chi connectivity index (χ0n) is 14.6. The van der Waals surface area contributed by atoms with Crippen molar-refractivity contribution in [2.75, 3.05) is 19.5 Å². The Labute approximate surface area is 152 Å². The number of anilines is 1. The van der Waals surface area contributed by atoms with Gasteiger partial charge in [-0.1, -0.05) is 18.2 Å². The van der Waals surface area contributed by atoms with Crippen LogP contribution in [0.3, 0.4) is 0 Å². The van der Waals surface area contributed by atoms with Crippen LogP contribution in [0, 0.1) is 13.8 Å². The molecule has 0 saturated carbocycles. The molecule has 6 nitrogen and oxygen atoms in total. The third-order valence-corrected chi connectivity index (χ3v) is 3.79. The molecule has 2 aromatic rings. The lowest BCUT2D eigenvalue weighted by molar-refractivity contribution is 0.340. The highest BCUT2D eigenvalue weighted by Crippen LogP contribution is 2.36. The normalized spacial score (nSPS) is 10.6. The summed E-state index contributed by atoms with van der Waals surface area (Å²) < 4.78 is 10.2. The quantitative estimate of drug-likeness (QED) is 0.432. The molecule has 7 heteroatoms. The third-order valence-electron chi connectivity index (χ3n) is 3.60. The zero-order valence-corrected chi connectivity index (χ0v) is 15.4. The minimum Gasteiger partial charge on any atom is -0.502 e. The summed E-state index contributed by atoms with van der Waals surface area (Å²) >= 11 is 5.26. The van der Waals surface area contributed by atoms with Gasteiger partial charge in [-0.05, 0) is 49.3 Å². The Hall–Kier alpha value is -2.80. The lowest BCUT2D eigenvalue weighted by atomic mass is 10.1. The lowest BCUT2D eigenvalue weighted by Gasteiger charge is -2.12. The molecule has 0 fully saturated rings. The third kappa shape index (κ3) is 4.60. The van der Waals surface area contributed by atoms with Gasteiger partial charge in [0.2, 0.25) is 5.75 Å². The predicted molar refractivity (Wildman–Crippen MR) is 104 cm³/mol. The first-order valence-corrected chi connectivity index (χ1v) is 7.98. The van der Waals surface area contributed by atoms with E-state index in [-0.39, 0.29) is 5.75 Å². The van der Waals surface area contributed by atoms with Crippen LogP contribution in [0.15, 0.2) is 35.4 Å². The first-order valence-electron chi connectivity index (χ1n) is 7.57.